The molecule has 10 heteroatoms. The summed E-state index contributed by atoms with van der Waals surface area (Å²) in [5.41, 5.74) is -2.56. The molecule has 1 aliphatic heterocycles. The first-order valence-electron chi connectivity index (χ1n) is 11.9. The van der Waals surface area contributed by atoms with Gasteiger partial charge in [-0.2, -0.15) is 13.2 Å². The smallest absolute Gasteiger partial charge is 0.417 e. The van der Waals surface area contributed by atoms with Gasteiger partial charge >= 0.3 is 17.8 Å². The number of urea groups is 1. The lowest BCUT2D eigenvalue weighted by Gasteiger charge is -2.28. The van der Waals surface area contributed by atoms with E-state index in [1.54, 1.807) is 11.9 Å². The monoisotopic (exact) mass is 494 g/mol. The molecule has 4 rings (SSSR count). The van der Waals surface area contributed by atoms with Crippen molar-refractivity contribution >= 4 is 22.9 Å². The Morgan fingerprint density at radius 2 is 1.89 bits per heavy atom. The molecule has 3 amide bonds. The second-order valence-corrected chi connectivity index (χ2v) is 9.42. The lowest BCUT2D eigenvalue weighted by molar-refractivity contribution is -0.136. The van der Waals surface area contributed by atoms with Crippen molar-refractivity contribution in [3.05, 3.63) is 39.7 Å². The second-order valence-electron chi connectivity index (χ2n) is 9.42. The average molecular weight is 495 g/mol. The topological polar surface area (TPSA) is 80.1 Å². The molecule has 0 radical (unpaired) electrons. The number of carbonyl (C=O) groups excluding carboxylic acids is 2. The molecule has 1 aromatic heterocycles. The Bertz CT molecular complexity index is 1200. The van der Waals surface area contributed by atoms with Gasteiger partial charge in [0, 0.05) is 30.6 Å². The Kier molecular flexibility index (Phi) is 6.59. The first kappa shape index (κ1) is 25.1. The van der Waals surface area contributed by atoms with Crippen LogP contribution in [0.25, 0.3) is 11.0 Å². The van der Waals surface area contributed by atoms with Gasteiger partial charge in [0.2, 0.25) is 0 Å². The van der Waals surface area contributed by atoms with E-state index in [2.05, 4.69) is 0 Å². The summed E-state index contributed by atoms with van der Waals surface area (Å²) >= 11 is 0. The van der Waals surface area contributed by atoms with E-state index in [0.717, 1.165) is 12.8 Å². The fourth-order valence-electron chi connectivity index (χ4n) is 4.85. The molecule has 1 aromatic carbocycles. The van der Waals surface area contributed by atoms with Gasteiger partial charge in [0.05, 0.1) is 12.2 Å². The van der Waals surface area contributed by atoms with Crippen molar-refractivity contribution < 1.29 is 31.9 Å². The van der Waals surface area contributed by atoms with Gasteiger partial charge < -0.3 is 14.1 Å². The number of aryl methyl sites for hydroxylation is 1. The van der Waals surface area contributed by atoms with Crippen LogP contribution in [0.3, 0.4) is 0 Å². The zero-order valence-corrected chi connectivity index (χ0v) is 20.0. The Morgan fingerprint density at radius 3 is 2.51 bits per heavy atom. The number of fused-ring (bicyclic) bond motifs is 1. The van der Waals surface area contributed by atoms with Crippen molar-refractivity contribution in [1.29, 1.82) is 0 Å². The van der Waals surface area contributed by atoms with Crippen LogP contribution >= 0.6 is 0 Å². The quantitative estimate of drug-likeness (QED) is 0.279. The van der Waals surface area contributed by atoms with E-state index in [1.165, 1.54) is 17.0 Å². The fraction of sp³-hybridized carbons (Fsp3) is 0.560. The molecule has 35 heavy (non-hydrogen) atoms. The molecular formula is C25H29F3N2O5. The molecule has 1 aliphatic carbocycles. The maximum atomic E-state index is 13.4. The number of amides is 3. The molecule has 190 valence electrons. The molecule has 1 atom stereocenters. The van der Waals surface area contributed by atoms with Gasteiger partial charge in [-0.05, 0) is 57.1 Å². The molecule has 1 unspecified atom stereocenters. The summed E-state index contributed by atoms with van der Waals surface area (Å²) in [6.45, 7) is 4.20. The number of rotatable bonds is 9. The van der Waals surface area contributed by atoms with E-state index in [-0.39, 0.29) is 42.0 Å². The number of imide groups is 1. The van der Waals surface area contributed by atoms with Crippen LogP contribution < -0.4 is 10.4 Å². The number of carbonyl (C=O) groups is 2. The van der Waals surface area contributed by atoms with Crippen LogP contribution in [0, 0.1) is 5.92 Å². The zero-order valence-electron chi connectivity index (χ0n) is 20.0. The fourth-order valence-corrected chi connectivity index (χ4v) is 4.85. The number of ether oxygens (including phenoxy) is 1. The van der Waals surface area contributed by atoms with Gasteiger partial charge in [0.25, 0.3) is 5.91 Å². The molecular weight excluding hydrogens is 465 g/mol. The predicted molar refractivity (Wildman–Crippen MR) is 122 cm³/mol. The van der Waals surface area contributed by atoms with Crippen LogP contribution in [0.4, 0.5) is 18.0 Å². The Morgan fingerprint density at radius 1 is 1.17 bits per heavy atom. The predicted octanol–water partition coefficient (Wildman–Crippen LogP) is 4.99. The molecule has 1 saturated heterocycles. The second kappa shape index (κ2) is 9.20. The highest BCUT2D eigenvalue weighted by Crippen LogP contribution is 2.46. The maximum absolute atomic E-state index is 13.4. The summed E-state index contributed by atoms with van der Waals surface area (Å²) in [4.78, 5) is 40.2. The summed E-state index contributed by atoms with van der Waals surface area (Å²) in [6, 6.07) is 2.89. The van der Waals surface area contributed by atoms with Crippen molar-refractivity contribution in [2.24, 2.45) is 5.92 Å². The Balaban J connectivity index is 1.43. The van der Waals surface area contributed by atoms with E-state index in [0.29, 0.717) is 43.1 Å². The lowest BCUT2D eigenvalue weighted by atomic mass is 9.94. The van der Waals surface area contributed by atoms with Crippen LogP contribution in [0.15, 0.2) is 27.4 Å². The van der Waals surface area contributed by atoms with Crippen molar-refractivity contribution in [3.63, 3.8) is 0 Å². The van der Waals surface area contributed by atoms with E-state index < -0.39 is 22.9 Å². The maximum Gasteiger partial charge on any atom is 0.417 e. The molecule has 2 aliphatic rings. The van der Waals surface area contributed by atoms with Crippen LogP contribution in [-0.4, -0.2) is 47.5 Å². The number of hydrogen-bond donors (Lipinski definition) is 0. The average Bonchev–Trinajstić information content (AvgIpc) is 3.63. The highest BCUT2D eigenvalue weighted by atomic mass is 19.4. The Labute approximate surface area is 200 Å². The van der Waals surface area contributed by atoms with Crippen LogP contribution in [0.1, 0.15) is 57.1 Å². The SMILES string of the molecule is CCCc1c(OCCCCN2C(=O)N(C)C(C)(C3CC3)C2=O)ccc2c(C(F)(F)F)cc(=O)oc12. The molecule has 0 bridgehead atoms. The number of likely N-dealkylation sites (N-methyl/N-ethyl adjacent to an activating group) is 1. The lowest BCUT2D eigenvalue weighted by Crippen LogP contribution is -2.47. The molecule has 2 heterocycles. The summed E-state index contributed by atoms with van der Waals surface area (Å²) in [5, 5.41) is -0.179. The van der Waals surface area contributed by atoms with Gasteiger partial charge in [-0.15, -0.1) is 0 Å². The van der Waals surface area contributed by atoms with Crippen molar-refractivity contribution in [1.82, 2.24) is 9.80 Å². The number of alkyl halides is 3. The minimum absolute atomic E-state index is 0.111. The molecule has 0 N–H and O–H groups in total. The number of nitrogens with zero attached hydrogens (tertiary/aromatic N) is 2. The van der Waals surface area contributed by atoms with E-state index in [9.17, 15) is 27.6 Å². The summed E-state index contributed by atoms with van der Waals surface area (Å²) in [7, 11) is 1.67. The van der Waals surface area contributed by atoms with E-state index >= 15 is 0 Å². The normalized spacial score (nSPS) is 20.9. The first-order chi connectivity index (χ1) is 16.5. The number of hydrogen-bond acceptors (Lipinski definition) is 5. The van der Waals surface area contributed by atoms with Gasteiger partial charge in [-0.25, -0.2) is 9.59 Å². The summed E-state index contributed by atoms with van der Waals surface area (Å²) < 4.78 is 51.3. The van der Waals surface area contributed by atoms with Crippen LogP contribution in [0.5, 0.6) is 5.75 Å². The summed E-state index contributed by atoms with van der Waals surface area (Å²) in [5.74, 6) is 0.403. The van der Waals surface area contributed by atoms with E-state index in [1.807, 2.05) is 13.8 Å². The minimum Gasteiger partial charge on any atom is -0.493 e. The standard InChI is InChI=1S/C25H29F3N2O5/c1-4-7-17-19(11-10-16-18(25(26,27)28)14-20(31)35-21(16)17)34-13-6-5-12-30-22(32)24(2,15-8-9-15)29(3)23(30)33/h10-11,14-15H,4-9,12-13H2,1-3H3. The van der Waals surface area contributed by atoms with Crippen molar-refractivity contribution in [2.45, 2.75) is 64.1 Å². The van der Waals surface area contributed by atoms with Gasteiger partial charge in [0.15, 0.2) is 0 Å². The minimum atomic E-state index is -4.69. The molecule has 1 saturated carbocycles. The number of benzene rings is 1. The number of halogens is 3. The third-order valence-electron chi connectivity index (χ3n) is 7.08. The first-order valence-corrected chi connectivity index (χ1v) is 11.9. The van der Waals surface area contributed by atoms with Gasteiger partial charge in [-0.3, -0.25) is 9.69 Å². The van der Waals surface area contributed by atoms with Gasteiger partial charge in [-0.1, -0.05) is 13.3 Å². The number of unbranched alkanes of at least 4 members (excludes halogenated alkanes) is 1. The molecule has 0 spiro atoms. The highest BCUT2D eigenvalue weighted by molar-refractivity contribution is 6.07. The summed E-state index contributed by atoms with van der Waals surface area (Å²) in [6.07, 6.45) is -0.765. The molecule has 2 aromatic rings. The Hall–Kier alpha value is -3.04. The van der Waals surface area contributed by atoms with E-state index in [4.69, 9.17) is 9.15 Å². The van der Waals surface area contributed by atoms with Crippen LogP contribution in [0.2, 0.25) is 0 Å². The largest absolute Gasteiger partial charge is 0.493 e. The van der Waals surface area contributed by atoms with Gasteiger partial charge in [0.1, 0.15) is 16.9 Å². The highest BCUT2D eigenvalue weighted by Gasteiger charge is 2.59. The molecule has 7 nitrogen and oxygen atoms in total. The zero-order chi connectivity index (χ0) is 25.5. The van der Waals surface area contributed by atoms with Crippen molar-refractivity contribution in [2.75, 3.05) is 20.2 Å². The van der Waals surface area contributed by atoms with Crippen LogP contribution in [-0.2, 0) is 17.4 Å². The van der Waals surface area contributed by atoms with Crippen molar-refractivity contribution in [3.8, 4) is 5.75 Å². The third kappa shape index (κ3) is 4.50. The third-order valence-corrected chi connectivity index (χ3v) is 7.08. The molecule has 2 fully saturated rings.